The van der Waals surface area contributed by atoms with Crippen molar-refractivity contribution in [2.45, 2.75) is 18.9 Å². The van der Waals surface area contributed by atoms with Crippen LogP contribution in [0.2, 0.25) is 0 Å². The van der Waals surface area contributed by atoms with Gasteiger partial charge in [-0.2, -0.15) is 0 Å². The standard InChI is InChI=1S/C17H19N3O2/c21-17(20-11-14-3-1-10-19-14)13-5-7-15(8-6-13)22-16-4-2-9-18-12-16/h2,4-9,12,14,19H,1,3,10-11H2,(H,20,21). The largest absolute Gasteiger partial charge is 0.456 e. The lowest BCUT2D eigenvalue weighted by Crippen LogP contribution is -2.37. The van der Waals surface area contributed by atoms with E-state index >= 15 is 0 Å². The summed E-state index contributed by atoms with van der Waals surface area (Å²) in [6, 6.07) is 11.2. The molecule has 1 aromatic carbocycles. The Balaban J connectivity index is 1.55. The SMILES string of the molecule is O=C(NCC1CCCN1)c1ccc(Oc2cccnc2)cc1. The van der Waals surface area contributed by atoms with Gasteiger partial charge in [-0.05, 0) is 55.8 Å². The van der Waals surface area contributed by atoms with Crippen LogP contribution in [0.5, 0.6) is 11.5 Å². The highest BCUT2D eigenvalue weighted by molar-refractivity contribution is 5.94. The fraction of sp³-hybridized carbons (Fsp3) is 0.294. The van der Waals surface area contributed by atoms with Crippen LogP contribution in [-0.4, -0.2) is 30.0 Å². The first-order chi connectivity index (χ1) is 10.8. The van der Waals surface area contributed by atoms with Crippen LogP contribution in [-0.2, 0) is 0 Å². The molecule has 2 aromatic rings. The van der Waals surface area contributed by atoms with Crippen molar-refractivity contribution in [2.75, 3.05) is 13.1 Å². The maximum atomic E-state index is 12.1. The first-order valence-electron chi connectivity index (χ1n) is 7.51. The van der Waals surface area contributed by atoms with E-state index in [1.807, 2.05) is 12.1 Å². The number of rotatable bonds is 5. The lowest BCUT2D eigenvalue weighted by molar-refractivity contribution is 0.0950. The number of ether oxygens (including phenoxy) is 1. The second kappa shape index (κ2) is 7.04. The molecule has 2 N–H and O–H groups in total. The molecule has 5 nitrogen and oxygen atoms in total. The van der Waals surface area contributed by atoms with E-state index in [-0.39, 0.29) is 5.91 Å². The Morgan fingerprint density at radius 3 is 2.82 bits per heavy atom. The summed E-state index contributed by atoms with van der Waals surface area (Å²) in [6.07, 6.45) is 5.65. The van der Waals surface area contributed by atoms with Crippen LogP contribution in [0, 0.1) is 0 Å². The molecule has 5 heteroatoms. The van der Waals surface area contributed by atoms with Gasteiger partial charge >= 0.3 is 0 Å². The highest BCUT2D eigenvalue weighted by atomic mass is 16.5. The fourth-order valence-corrected chi connectivity index (χ4v) is 2.47. The van der Waals surface area contributed by atoms with Crippen LogP contribution < -0.4 is 15.4 Å². The van der Waals surface area contributed by atoms with Crippen LogP contribution in [0.25, 0.3) is 0 Å². The van der Waals surface area contributed by atoms with Gasteiger partial charge in [-0.15, -0.1) is 0 Å². The lowest BCUT2D eigenvalue weighted by Gasteiger charge is -2.11. The summed E-state index contributed by atoms with van der Waals surface area (Å²) in [5, 5.41) is 6.32. The van der Waals surface area contributed by atoms with E-state index in [1.165, 1.54) is 6.42 Å². The monoisotopic (exact) mass is 297 g/mol. The molecule has 1 aromatic heterocycles. The third kappa shape index (κ3) is 3.83. The topological polar surface area (TPSA) is 63.2 Å². The zero-order valence-electron chi connectivity index (χ0n) is 12.3. The Labute approximate surface area is 129 Å². The van der Waals surface area contributed by atoms with E-state index < -0.39 is 0 Å². The number of benzene rings is 1. The third-order valence-corrected chi connectivity index (χ3v) is 3.66. The Morgan fingerprint density at radius 2 is 2.14 bits per heavy atom. The Morgan fingerprint density at radius 1 is 1.27 bits per heavy atom. The van der Waals surface area contributed by atoms with Crippen molar-refractivity contribution < 1.29 is 9.53 Å². The first-order valence-corrected chi connectivity index (χ1v) is 7.51. The number of carbonyl (C=O) groups excluding carboxylic acids is 1. The van der Waals surface area contributed by atoms with Crippen LogP contribution >= 0.6 is 0 Å². The fourth-order valence-electron chi connectivity index (χ4n) is 2.47. The van der Waals surface area contributed by atoms with Crippen molar-refractivity contribution in [1.82, 2.24) is 15.6 Å². The average molecular weight is 297 g/mol. The average Bonchev–Trinajstić information content (AvgIpc) is 3.08. The summed E-state index contributed by atoms with van der Waals surface area (Å²) in [5.41, 5.74) is 0.636. The summed E-state index contributed by atoms with van der Waals surface area (Å²) in [7, 11) is 0. The van der Waals surface area contributed by atoms with Crippen LogP contribution in [0.15, 0.2) is 48.8 Å². The van der Waals surface area contributed by atoms with Crippen molar-refractivity contribution in [2.24, 2.45) is 0 Å². The molecule has 1 atom stereocenters. The van der Waals surface area contributed by atoms with E-state index in [1.54, 1.807) is 36.7 Å². The van der Waals surface area contributed by atoms with Gasteiger partial charge in [0.2, 0.25) is 0 Å². The molecule has 1 aliphatic heterocycles. The van der Waals surface area contributed by atoms with Gasteiger partial charge in [-0.3, -0.25) is 9.78 Å². The molecule has 0 saturated carbocycles. The van der Waals surface area contributed by atoms with E-state index in [0.29, 0.717) is 29.6 Å². The molecule has 0 aliphatic carbocycles. The Kier molecular flexibility index (Phi) is 4.65. The highest BCUT2D eigenvalue weighted by Gasteiger charge is 2.15. The third-order valence-electron chi connectivity index (χ3n) is 3.66. The second-order valence-electron chi connectivity index (χ2n) is 5.32. The second-order valence-corrected chi connectivity index (χ2v) is 5.32. The summed E-state index contributed by atoms with van der Waals surface area (Å²) < 4.78 is 5.65. The summed E-state index contributed by atoms with van der Waals surface area (Å²) in [4.78, 5) is 16.1. The van der Waals surface area contributed by atoms with Crippen molar-refractivity contribution in [3.05, 3.63) is 54.4 Å². The number of amides is 1. The molecule has 3 rings (SSSR count). The van der Waals surface area contributed by atoms with E-state index in [2.05, 4.69) is 15.6 Å². The molecule has 1 fully saturated rings. The van der Waals surface area contributed by atoms with Gasteiger partial charge in [0.1, 0.15) is 11.5 Å². The molecule has 1 saturated heterocycles. The Bertz CT molecular complexity index is 608. The van der Waals surface area contributed by atoms with Crippen molar-refractivity contribution in [3.8, 4) is 11.5 Å². The molecule has 1 aliphatic rings. The molecule has 22 heavy (non-hydrogen) atoms. The van der Waals surface area contributed by atoms with Gasteiger partial charge in [0.15, 0.2) is 0 Å². The summed E-state index contributed by atoms with van der Waals surface area (Å²) in [6.45, 7) is 1.72. The normalized spacial score (nSPS) is 17.2. The molecular weight excluding hydrogens is 278 g/mol. The summed E-state index contributed by atoms with van der Waals surface area (Å²) in [5.74, 6) is 1.30. The van der Waals surface area contributed by atoms with Gasteiger partial charge < -0.3 is 15.4 Å². The molecular formula is C17H19N3O2. The number of hydrogen-bond donors (Lipinski definition) is 2. The molecule has 114 valence electrons. The number of nitrogens with one attached hydrogen (secondary N) is 2. The van der Waals surface area contributed by atoms with Crippen LogP contribution in [0.1, 0.15) is 23.2 Å². The number of aromatic nitrogens is 1. The first kappa shape index (κ1) is 14.5. The number of nitrogens with zero attached hydrogens (tertiary/aromatic N) is 1. The number of hydrogen-bond acceptors (Lipinski definition) is 4. The van der Waals surface area contributed by atoms with Gasteiger partial charge in [0.05, 0.1) is 6.20 Å². The zero-order valence-corrected chi connectivity index (χ0v) is 12.3. The molecule has 0 bridgehead atoms. The minimum absolute atomic E-state index is 0.0540. The number of pyridine rings is 1. The van der Waals surface area contributed by atoms with Gasteiger partial charge in [0, 0.05) is 24.3 Å². The maximum Gasteiger partial charge on any atom is 0.251 e. The lowest BCUT2D eigenvalue weighted by atomic mass is 10.2. The minimum atomic E-state index is -0.0540. The van der Waals surface area contributed by atoms with Gasteiger partial charge in [-0.25, -0.2) is 0 Å². The minimum Gasteiger partial charge on any atom is -0.456 e. The van der Waals surface area contributed by atoms with Gasteiger partial charge in [-0.1, -0.05) is 0 Å². The molecule has 0 radical (unpaired) electrons. The van der Waals surface area contributed by atoms with Crippen LogP contribution in [0.4, 0.5) is 0 Å². The van der Waals surface area contributed by atoms with Crippen molar-refractivity contribution in [1.29, 1.82) is 0 Å². The van der Waals surface area contributed by atoms with Crippen LogP contribution in [0.3, 0.4) is 0 Å². The molecule has 0 spiro atoms. The predicted molar refractivity (Wildman–Crippen MR) is 84.1 cm³/mol. The number of carbonyl (C=O) groups is 1. The molecule has 1 amide bonds. The Hall–Kier alpha value is -2.40. The van der Waals surface area contributed by atoms with E-state index in [0.717, 1.165) is 13.0 Å². The highest BCUT2D eigenvalue weighted by Crippen LogP contribution is 2.20. The predicted octanol–water partition coefficient (Wildman–Crippen LogP) is 2.36. The zero-order chi connectivity index (χ0) is 15.2. The summed E-state index contributed by atoms with van der Waals surface area (Å²) >= 11 is 0. The van der Waals surface area contributed by atoms with Crippen molar-refractivity contribution >= 4 is 5.91 Å². The van der Waals surface area contributed by atoms with E-state index in [4.69, 9.17) is 4.74 Å². The maximum absolute atomic E-state index is 12.1. The van der Waals surface area contributed by atoms with Gasteiger partial charge in [0.25, 0.3) is 5.91 Å². The smallest absolute Gasteiger partial charge is 0.251 e. The molecule has 2 heterocycles. The quantitative estimate of drug-likeness (QED) is 0.889. The van der Waals surface area contributed by atoms with Crippen molar-refractivity contribution in [3.63, 3.8) is 0 Å². The van der Waals surface area contributed by atoms with E-state index in [9.17, 15) is 4.79 Å². The molecule has 1 unspecified atom stereocenters.